The first-order valence-electron chi connectivity index (χ1n) is 9.22. The van der Waals surface area contributed by atoms with Gasteiger partial charge < -0.3 is 9.64 Å². The maximum atomic E-state index is 12.8. The van der Waals surface area contributed by atoms with E-state index in [0.717, 1.165) is 42.1 Å². The van der Waals surface area contributed by atoms with Crippen LogP contribution < -0.4 is 0 Å². The van der Waals surface area contributed by atoms with E-state index >= 15 is 0 Å². The van der Waals surface area contributed by atoms with Crippen LogP contribution in [0.15, 0.2) is 35.7 Å². The molecule has 132 valence electrons. The van der Waals surface area contributed by atoms with Gasteiger partial charge in [-0.15, -0.1) is 11.3 Å². The summed E-state index contributed by atoms with van der Waals surface area (Å²) in [4.78, 5) is 19.5. The van der Waals surface area contributed by atoms with E-state index in [1.165, 1.54) is 12.8 Å². The van der Waals surface area contributed by atoms with Crippen molar-refractivity contribution in [1.82, 2.24) is 9.88 Å². The minimum atomic E-state index is 0.260. The Bertz CT molecular complexity index is 713. The number of hydrogen-bond donors (Lipinski definition) is 0. The minimum absolute atomic E-state index is 0.260. The molecule has 2 aliphatic rings. The second-order valence-corrected chi connectivity index (χ2v) is 7.78. The molecule has 2 aromatic rings. The summed E-state index contributed by atoms with van der Waals surface area (Å²) >= 11 is 1.65. The Labute approximate surface area is 152 Å². The van der Waals surface area contributed by atoms with Gasteiger partial charge in [-0.3, -0.25) is 4.79 Å². The van der Waals surface area contributed by atoms with Crippen LogP contribution in [0.1, 0.15) is 37.1 Å². The second-order valence-electron chi connectivity index (χ2n) is 6.84. The number of thiazole rings is 1. The number of ether oxygens (including phenoxy) is 1. The van der Waals surface area contributed by atoms with Gasteiger partial charge in [-0.1, -0.05) is 43.2 Å². The van der Waals surface area contributed by atoms with Crippen LogP contribution in [-0.2, 0) is 16.0 Å². The molecule has 2 heterocycles. The van der Waals surface area contributed by atoms with Gasteiger partial charge >= 0.3 is 0 Å². The first-order valence-corrected chi connectivity index (χ1v) is 10.1. The van der Waals surface area contributed by atoms with Gasteiger partial charge in [-0.25, -0.2) is 4.98 Å². The highest BCUT2D eigenvalue weighted by molar-refractivity contribution is 7.09. The molecule has 1 saturated carbocycles. The first kappa shape index (κ1) is 16.7. The fraction of sp³-hybridized carbons (Fsp3) is 0.500. The van der Waals surface area contributed by atoms with Gasteiger partial charge in [0.25, 0.3) is 0 Å². The quantitative estimate of drug-likeness (QED) is 0.834. The maximum Gasteiger partial charge on any atom is 0.223 e. The fourth-order valence-corrected chi connectivity index (χ4v) is 4.74. The zero-order valence-electron chi connectivity index (χ0n) is 14.4. The van der Waals surface area contributed by atoms with E-state index in [1.54, 1.807) is 11.3 Å². The highest BCUT2D eigenvalue weighted by Gasteiger charge is 2.36. The number of aromatic nitrogens is 1. The van der Waals surface area contributed by atoms with Gasteiger partial charge in [0.15, 0.2) is 0 Å². The number of nitrogens with zero attached hydrogens (tertiary/aromatic N) is 2. The number of morpholine rings is 1. The molecule has 1 aliphatic heterocycles. The molecule has 0 radical (unpaired) electrons. The smallest absolute Gasteiger partial charge is 0.223 e. The Morgan fingerprint density at radius 2 is 2.08 bits per heavy atom. The van der Waals surface area contributed by atoms with Crippen LogP contribution in [0.2, 0.25) is 0 Å². The SMILES string of the molecule is O=C(CCc1nc(-c2ccccc2)cs1)N1CCOC2CCCCC21. The van der Waals surface area contributed by atoms with E-state index in [-0.39, 0.29) is 12.0 Å². The zero-order chi connectivity index (χ0) is 17.1. The van der Waals surface area contributed by atoms with Gasteiger partial charge in [0, 0.05) is 30.3 Å². The van der Waals surface area contributed by atoms with Crippen molar-refractivity contribution in [3.8, 4) is 11.3 Å². The molecule has 1 aliphatic carbocycles. The van der Waals surface area contributed by atoms with Crippen LogP contribution in [0.5, 0.6) is 0 Å². The molecule has 1 amide bonds. The standard InChI is InChI=1S/C20H24N2O2S/c23-20(22-12-13-24-18-9-5-4-8-17(18)22)11-10-19-21-16(14-25-19)15-6-2-1-3-7-15/h1-3,6-7,14,17-18H,4-5,8-13H2. The van der Waals surface area contributed by atoms with E-state index in [1.807, 2.05) is 18.2 Å². The Kier molecular flexibility index (Phi) is 5.13. The predicted octanol–water partition coefficient (Wildman–Crippen LogP) is 3.91. The van der Waals surface area contributed by atoms with Crippen LogP contribution in [0.25, 0.3) is 11.3 Å². The monoisotopic (exact) mass is 356 g/mol. The molecule has 4 nitrogen and oxygen atoms in total. The third-order valence-corrected chi connectivity index (χ3v) is 6.14. The van der Waals surface area contributed by atoms with Gasteiger partial charge in [-0.2, -0.15) is 0 Å². The second kappa shape index (κ2) is 7.67. The molecule has 4 rings (SSSR count). The van der Waals surface area contributed by atoms with Crippen LogP contribution in [0.3, 0.4) is 0 Å². The molecule has 1 saturated heterocycles. The zero-order valence-corrected chi connectivity index (χ0v) is 15.2. The van der Waals surface area contributed by atoms with Gasteiger partial charge in [0.2, 0.25) is 5.91 Å². The summed E-state index contributed by atoms with van der Waals surface area (Å²) < 4.78 is 5.87. The molecular formula is C20H24N2O2S. The van der Waals surface area contributed by atoms with Crippen molar-refractivity contribution < 1.29 is 9.53 Å². The van der Waals surface area contributed by atoms with Crippen molar-refractivity contribution in [3.63, 3.8) is 0 Å². The lowest BCUT2D eigenvalue weighted by Gasteiger charge is -2.43. The molecule has 2 atom stereocenters. The van der Waals surface area contributed by atoms with Crippen molar-refractivity contribution in [1.29, 1.82) is 0 Å². The average molecular weight is 356 g/mol. The van der Waals surface area contributed by atoms with E-state index < -0.39 is 0 Å². The third-order valence-electron chi connectivity index (χ3n) is 5.23. The van der Waals surface area contributed by atoms with Crippen molar-refractivity contribution >= 4 is 17.2 Å². The first-order chi connectivity index (χ1) is 12.3. The number of fused-ring (bicyclic) bond motifs is 1. The van der Waals surface area contributed by atoms with Crippen molar-refractivity contribution in [2.24, 2.45) is 0 Å². The fourth-order valence-electron chi connectivity index (χ4n) is 3.93. The summed E-state index contributed by atoms with van der Waals surface area (Å²) in [5, 5.41) is 3.13. The Morgan fingerprint density at radius 1 is 1.24 bits per heavy atom. The topological polar surface area (TPSA) is 42.4 Å². The lowest BCUT2D eigenvalue weighted by atomic mass is 9.90. The van der Waals surface area contributed by atoms with E-state index in [9.17, 15) is 4.79 Å². The molecule has 1 aromatic heterocycles. The Morgan fingerprint density at radius 3 is 2.96 bits per heavy atom. The highest BCUT2D eigenvalue weighted by atomic mass is 32.1. The molecule has 0 spiro atoms. The summed E-state index contributed by atoms with van der Waals surface area (Å²) in [6.07, 6.45) is 6.16. The van der Waals surface area contributed by atoms with E-state index in [2.05, 4.69) is 22.4 Å². The number of amides is 1. The summed E-state index contributed by atoms with van der Waals surface area (Å²) in [5.41, 5.74) is 2.14. The van der Waals surface area contributed by atoms with Gasteiger partial charge in [0.05, 0.1) is 29.5 Å². The average Bonchev–Trinajstić information content (AvgIpc) is 3.15. The molecule has 2 unspecified atom stereocenters. The number of hydrogen-bond acceptors (Lipinski definition) is 4. The highest BCUT2D eigenvalue weighted by Crippen LogP contribution is 2.29. The largest absolute Gasteiger partial charge is 0.374 e. The molecule has 0 N–H and O–H groups in total. The molecule has 2 fully saturated rings. The van der Waals surface area contributed by atoms with Gasteiger partial charge in [-0.05, 0) is 12.8 Å². The van der Waals surface area contributed by atoms with Crippen LogP contribution in [0.4, 0.5) is 0 Å². The van der Waals surface area contributed by atoms with Crippen LogP contribution >= 0.6 is 11.3 Å². The third kappa shape index (κ3) is 3.77. The van der Waals surface area contributed by atoms with E-state index in [0.29, 0.717) is 19.1 Å². The predicted molar refractivity (Wildman–Crippen MR) is 99.6 cm³/mol. The summed E-state index contributed by atoms with van der Waals surface area (Å²) in [5.74, 6) is 0.261. The minimum Gasteiger partial charge on any atom is -0.374 e. The Hall–Kier alpha value is -1.72. The number of rotatable bonds is 4. The number of aryl methyl sites for hydroxylation is 1. The van der Waals surface area contributed by atoms with Crippen LogP contribution in [0, 0.1) is 0 Å². The lowest BCUT2D eigenvalue weighted by molar-refractivity contribution is -0.149. The normalized spacial score (nSPS) is 23.3. The maximum absolute atomic E-state index is 12.8. The number of carbonyl (C=O) groups excluding carboxylic acids is 1. The lowest BCUT2D eigenvalue weighted by Crippen LogP contribution is -2.54. The number of carbonyl (C=O) groups is 1. The van der Waals surface area contributed by atoms with E-state index in [4.69, 9.17) is 9.72 Å². The van der Waals surface area contributed by atoms with Crippen molar-refractivity contribution in [2.75, 3.05) is 13.2 Å². The summed E-state index contributed by atoms with van der Waals surface area (Å²) in [6, 6.07) is 10.5. The summed E-state index contributed by atoms with van der Waals surface area (Å²) in [7, 11) is 0. The Balaban J connectivity index is 1.36. The molecule has 25 heavy (non-hydrogen) atoms. The van der Waals surface area contributed by atoms with Crippen molar-refractivity contribution in [3.05, 3.63) is 40.7 Å². The molecule has 1 aromatic carbocycles. The van der Waals surface area contributed by atoms with Crippen LogP contribution in [-0.4, -0.2) is 41.1 Å². The summed E-state index contributed by atoms with van der Waals surface area (Å²) in [6.45, 7) is 1.43. The molecule has 0 bridgehead atoms. The molecular weight excluding hydrogens is 332 g/mol. The number of benzene rings is 1. The molecule has 5 heteroatoms. The van der Waals surface area contributed by atoms with Crippen molar-refractivity contribution in [2.45, 2.75) is 50.7 Å². The van der Waals surface area contributed by atoms with Gasteiger partial charge in [0.1, 0.15) is 0 Å².